The molecule has 0 N–H and O–H groups in total. The number of fused-ring (bicyclic) bond motifs is 3. The number of nitrogens with zero attached hydrogens (tertiary/aromatic N) is 2. The fraction of sp³-hybridized carbons (Fsp3) is 0.542. The predicted octanol–water partition coefficient (Wildman–Crippen LogP) is 6.32. The van der Waals surface area contributed by atoms with Gasteiger partial charge in [0.2, 0.25) is 0 Å². The van der Waals surface area contributed by atoms with Crippen LogP contribution >= 0.6 is 11.3 Å². The molecule has 0 radical (unpaired) electrons. The van der Waals surface area contributed by atoms with Crippen LogP contribution in [-0.2, 0) is 5.41 Å². The van der Waals surface area contributed by atoms with Crippen LogP contribution in [0.1, 0.15) is 51.3 Å². The number of hydrogen-bond acceptors (Lipinski definition) is 3. The van der Waals surface area contributed by atoms with Crippen LogP contribution in [0.15, 0.2) is 42.3 Å². The third kappa shape index (κ3) is 5.30. The number of aromatic nitrogens is 1. The SMILES string of the molecule is C=CCC1CN2CCC1CC2.Cc1ccc(-c2nc(C(C)(C)C)cs2)cc1. The molecule has 2 aromatic rings. The van der Waals surface area contributed by atoms with Crippen molar-refractivity contribution in [2.75, 3.05) is 19.6 Å². The van der Waals surface area contributed by atoms with Crippen molar-refractivity contribution in [1.29, 1.82) is 0 Å². The summed E-state index contributed by atoms with van der Waals surface area (Å²) in [6.45, 7) is 16.6. The van der Waals surface area contributed by atoms with E-state index in [1.165, 1.54) is 55.7 Å². The zero-order chi connectivity index (χ0) is 19.4. The number of aryl methyl sites for hydroxylation is 1. The van der Waals surface area contributed by atoms with E-state index in [0.29, 0.717) is 0 Å². The number of piperidine rings is 3. The van der Waals surface area contributed by atoms with Crippen molar-refractivity contribution in [2.24, 2.45) is 11.8 Å². The van der Waals surface area contributed by atoms with Gasteiger partial charge in [-0.25, -0.2) is 4.98 Å². The Morgan fingerprint density at radius 3 is 2.33 bits per heavy atom. The molecule has 2 bridgehead atoms. The lowest BCUT2D eigenvalue weighted by atomic mass is 9.77. The molecule has 3 heteroatoms. The number of thiazole rings is 1. The van der Waals surface area contributed by atoms with E-state index in [2.05, 4.69) is 74.9 Å². The first-order chi connectivity index (χ1) is 12.9. The van der Waals surface area contributed by atoms with Gasteiger partial charge in [-0.05, 0) is 51.1 Å². The van der Waals surface area contributed by atoms with Gasteiger partial charge in [0, 0.05) is 22.9 Å². The molecule has 1 aromatic carbocycles. The van der Waals surface area contributed by atoms with E-state index in [1.807, 2.05) is 0 Å². The van der Waals surface area contributed by atoms with E-state index in [4.69, 9.17) is 4.98 Å². The molecule has 2 nitrogen and oxygen atoms in total. The lowest BCUT2D eigenvalue weighted by Crippen LogP contribution is -2.47. The van der Waals surface area contributed by atoms with Crippen molar-refractivity contribution in [1.82, 2.24) is 9.88 Å². The first kappa shape index (κ1) is 20.3. The van der Waals surface area contributed by atoms with E-state index in [-0.39, 0.29) is 5.41 Å². The highest BCUT2D eigenvalue weighted by molar-refractivity contribution is 7.13. The molecule has 3 aliphatic rings. The van der Waals surface area contributed by atoms with Gasteiger partial charge in [-0.15, -0.1) is 17.9 Å². The topological polar surface area (TPSA) is 16.1 Å². The number of allylic oxidation sites excluding steroid dienone is 1. The monoisotopic (exact) mass is 382 g/mol. The van der Waals surface area contributed by atoms with Crippen LogP contribution in [0.5, 0.6) is 0 Å². The quantitative estimate of drug-likeness (QED) is 0.577. The van der Waals surface area contributed by atoms with E-state index in [9.17, 15) is 0 Å². The zero-order valence-electron chi connectivity index (χ0n) is 17.4. The van der Waals surface area contributed by atoms with Gasteiger partial charge < -0.3 is 4.90 Å². The first-order valence-corrected chi connectivity index (χ1v) is 11.1. The summed E-state index contributed by atoms with van der Waals surface area (Å²) in [5.41, 5.74) is 3.81. The van der Waals surface area contributed by atoms with Crippen LogP contribution in [0.4, 0.5) is 0 Å². The molecule has 0 amide bonds. The summed E-state index contributed by atoms with van der Waals surface area (Å²) in [5.74, 6) is 1.97. The third-order valence-electron chi connectivity index (χ3n) is 5.83. The highest BCUT2D eigenvalue weighted by atomic mass is 32.1. The van der Waals surface area contributed by atoms with Crippen molar-refractivity contribution in [3.05, 3.63) is 53.6 Å². The molecule has 1 unspecified atom stereocenters. The van der Waals surface area contributed by atoms with E-state index in [1.54, 1.807) is 11.3 Å². The smallest absolute Gasteiger partial charge is 0.123 e. The number of rotatable bonds is 3. The van der Waals surface area contributed by atoms with Gasteiger partial charge in [-0.3, -0.25) is 0 Å². The molecule has 0 aliphatic carbocycles. The van der Waals surface area contributed by atoms with Gasteiger partial charge in [-0.1, -0.05) is 56.7 Å². The zero-order valence-corrected chi connectivity index (χ0v) is 18.2. The average molecular weight is 383 g/mol. The lowest BCUT2D eigenvalue weighted by Gasteiger charge is -2.44. The average Bonchev–Trinajstić information content (AvgIpc) is 3.15. The minimum absolute atomic E-state index is 0.138. The van der Waals surface area contributed by atoms with Gasteiger partial charge in [0.25, 0.3) is 0 Å². The molecule has 0 spiro atoms. The Labute approximate surface area is 169 Å². The second-order valence-corrected chi connectivity index (χ2v) is 9.93. The van der Waals surface area contributed by atoms with Crippen LogP contribution in [-0.4, -0.2) is 29.5 Å². The molecular weight excluding hydrogens is 348 g/mol. The lowest BCUT2D eigenvalue weighted by molar-refractivity contribution is 0.0526. The predicted molar refractivity (Wildman–Crippen MR) is 118 cm³/mol. The summed E-state index contributed by atoms with van der Waals surface area (Å²) in [7, 11) is 0. The standard InChI is InChI=1S/C14H17NS.C10H17N/c1-10-5-7-11(8-6-10)13-15-12(9-16-13)14(2,3)4;1-2-3-10-8-11-6-4-9(10)5-7-11/h5-9H,1-4H3;2,9-10H,1,3-8H2. The maximum atomic E-state index is 4.70. The van der Waals surface area contributed by atoms with Crippen molar-refractivity contribution in [2.45, 2.75) is 52.4 Å². The van der Waals surface area contributed by atoms with Gasteiger partial charge in [0.05, 0.1) is 5.69 Å². The molecule has 5 rings (SSSR count). The molecule has 3 saturated heterocycles. The van der Waals surface area contributed by atoms with Crippen LogP contribution < -0.4 is 0 Å². The summed E-state index contributed by atoms with van der Waals surface area (Å²) in [6, 6.07) is 8.54. The van der Waals surface area contributed by atoms with Gasteiger partial charge >= 0.3 is 0 Å². The normalized spacial score (nSPS) is 24.2. The van der Waals surface area contributed by atoms with Crippen LogP contribution in [0.25, 0.3) is 10.6 Å². The Kier molecular flexibility index (Phi) is 6.54. The minimum atomic E-state index is 0.138. The second-order valence-electron chi connectivity index (χ2n) is 9.08. The fourth-order valence-corrected chi connectivity index (χ4v) is 5.07. The third-order valence-corrected chi connectivity index (χ3v) is 6.72. The maximum absolute atomic E-state index is 4.70. The molecule has 4 heterocycles. The van der Waals surface area contributed by atoms with Gasteiger partial charge in [0.15, 0.2) is 0 Å². The van der Waals surface area contributed by atoms with Crippen molar-refractivity contribution >= 4 is 11.3 Å². The molecule has 146 valence electrons. The van der Waals surface area contributed by atoms with E-state index < -0.39 is 0 Å². The number of hydrogen-bond donors (Lipinski definition) is 0. The first-order valence-electron chi connectivity index (χ1n) is 10.2. The summed E-state index contributed by atoms with van der Waals surface area (Å²) < 4.78 is 0. The van der Waals surface area contributed by atoms with Gasteiger partial charge in [0.1, 0.15) is 5.01 Å². The summed E-state index contributed by atoms with van der Waals surface area (Å²) in [4.78, 5) is 7.31. The Balaban J connectivity index is 0.000000166. The van der Waals surface area contributed by atoms with Gasteiger partial charge in [-0.2, -0.15) is 0 Å². The second kappa shape index (κ2) is 8.70. The van der Waals surface area contributed by atoms with E-state index >= 15 is 0 Å². The van der Waals surface area contributed by atoms with Crippen LogP contribution in [0, 0.1) is 18.8 Å². The Bertz CT molecular complexity index is 730. The van der Waals surface area contributed by atoms with E-state index in [0.717, 1.165) is 16.8 Å². The Hall–Kier alpha value is -1.45. The summed E-state index contributed by atoms with van der Waals surface area (Å²) in [5, 5.41) is 3.28. The van der Waals surface area contributed by atoms with Crippen molar-refractivity contribution in [3.8, 4) is 10.6 Å². The summed E-state index contributed by atoms with van der Waals surface area (Å²) in [6.07, 6.45) is 6.21. The maximum Gasteiger partial charge on any atom is 0.123 e. The number of benzene rings is 1. The molecule has 1 atom stereocenters. The molecule has 0 saturated carbocycles. The van der Waals surface area contributed by atoms with Crippen molar-refractivity contribution < 1.29 is 0 Å². The van der Waals surface area contributed by atoms with Crippen LogP contribution in [0.2, 0.25) is 0 Å². The largest absolute Gasteiger partial charge is 0.303 e. The molecular formula is C24H34N2S. The minimum Gasteiger partial charge on any atom is -0.303 e. The van der Waals surface area contributed by atoms with Crippen molar-refractivity contribution in [3.63, 3.8) is 0 Å². The Morgan fingerprint density at radius 2 is 1.85 bits per heavy atom. The highest BCUT2D eigenvalue weighted by Crippen LogP contribution is 2.34. The molecule has 3 fully saturated rings. The molecule has 27 heavy (non-hydrogen) atoms. The fourth-order valence-electron chi connectivity index (χ4n) is 4.02. The summed E-state index contributed by atoms with van der Waals surface area (Å²) >= 11 is 1.72. The Morgan fingerprint density at radius 1 is 1.19 bits per heavy atom. The molecule has 1 aromatic heterocycles. The highest BCUT2D eigenvalue weighted by Gasteiger charge is 2.32. The molecule has 3 aliphatic heterocycles. The van der Waals surface area contributed by atoms with Crippen LogP contribution in [0.3, 0.4) is 0 Å².